The molecule has 0 saturated carbocycles. The molecular formula is C15H17AsS. The summed E-state index contributed by atoms with van der Waals surface area (Å²) in [5.41, 5.74) is 0. The Labute approximate surface area is 112 Å². The van der Waals surface area contributed by atoms with Crippen LogP contribution in [0.4, 0.5) is 0 Å². The molecule has 0 nitrogen and oxygen atoms in total. The molecule has 2 aromatic carbocycles. The third-order valence-electron chi connectivity index (χ3n) is 2.41. The van der Waals surface area contributed by atoms with Crippen LogP contribution in [0.15, 0.2) is 60.7 Å². The average molecular weight is 304 g/mol. The molecule has 0 fully saturated rings. The fourth-order valence-corrected chi connectivity index (χ4v) is 10.2. The van der Waals surface area contributed by atoms with Gasteiger partial charge < -0.3 is 0 Å². The quantitative estimate of drug-likeness (QED) is 0.765. The van der Waals surface area contributed by atoms with Crippen LogP contribution >= 0.6 is 10.0 Å². The first-order valence-corrected chi connectivity index (χ1v) is 11.1. The van der Waals surface area contributed by atoms with E-state index in [0.717, 1.165) is 0 Å². The average Bonchev–Trinajstić information content (AvgIpc) is 2.42. The van der Waals surface area contributed by atoms with Crippen molar-refractivity contribution in [3.8, 4) is 0 Å². The van der Waals surface area contributed by atoms with Crippen LogP contribution in [0.3, 0.4) is 0 Å². The topological polar surface area (TPSA) is 0 Å². The molecule has 0 saturated heterocycles. The molecule has 0 aliphatic rings. The zero-order chi connectivity index (χ0) is 11.9. The van der Waals surface area contributed by atoms with Crippen LogP contribution in [-0.4, -0.2) is 19.2 Å². The molecule has 0 spiro atoms. The molecule has 2 rings (SSSR count). The van der Waals surface area contributed by atoms with Crippen LogP contribution in [0.2, 0.25) is 0 Å². The van der Waals surface area contributed by atoms with Crippen LogP contribution in [0, 0.1) is 0 Å². The number of hydrogen-bond donors (Lipinski definition) is 0. The summed E-state index contributed by atoms with van der Waals surface area (Å²) in [6, 6.07) is 22.0. The van der Waals surface area contributed by atoms with Gasteiger partial charge in [0.15, 0.2) is 0 Å². The number of hydrogen-bond acceptors (Lipinski definition) is 1. The molecule has 0 aliphatic carbocycles. The second kappa shape index (κ2) is 6.93. The third kappa shape index (κ3) is 3.66. The van der Waals surface area contributed by atoms with Crippen molar-refractivity contribution in [2.24, 2.45) is 0 Å². The SMILES string of the molecule is CCCS[As](c1ccccc1)c1ccccc1. The van der Waals surface area contributed by atoms with Crippen LogP contribution in [0.1, 0.15) is 13.3 Å². The van der Waals surface area contributed by atoms with E-state index in [4.69, 9.17) is 0 Å². The molecule has 0 amide bonds. The van der Waals surface area contributed by atoms with Crippen molar-refractivity contribution < 1.29 is 0 Å². The Balaban J connectivity index is 2.26. The summed E-state index contributed by atoms with van der Waals surface area (Å²) < 4.78 is 3.09. The first kappa shape index (κ1) is 12.8. The minimum atomic E-state index is -1.13. The first-order chi connectivity index (χ1) is 8.42. The van der Waals surface area contributed by atoms with Crippen LogP contribution in [0.5, 0.6) is 0 Å². The van der Waals surface area contributed by atoms with Gasteiger partial charge in [-0.1, -0.05) is 0 Å². The second-order valence-corrected chi connectivity index (χ2v) is 11.4. The van der Waals surface area contributed by atoms with E-state index in [1.807, 2.05) is 0 Å². The van der Waals surface area contributed by atoms with E-state index in [1.165, 1.54) is 12.2 Å². The summed E-state index contributed by atoms with van der Waals surface area (Å²) in [5, 5.41) is 0. The maximum absolute atomic E-state index is 2.29. The van der Waals surface area contributed by atoms with Gasteiger partial charge in [-0.25, -0.2) is 0 Å². The van der Waals surface area contributed by atoms with Gasteiger partial charge in [0.1, 0.15) is 0 Å². The fourth-order valence-electron chi connectivity index (χ4n) is 1.61. The first-order valence-electron chi connectivity index (χ1n) is 5.95. The summed E-state index contributed by atoms with van der Waals surface area (Å²) in [6.07, 6.45) is 1.26. The van der Waals surface area contributed by atoms with Crippen LogP contribution in [-0.2, 0) is 0 Å². The molecule has 0 aliphatic heterocycles. The Morgan fingerprint density at radius 1 is 0.824 bits per heavy atom. The standard InChI is InChI=1S/C15H17AsS/c1-2-13-17-16(14-9-5-3-6-10-14)15-11-7-4-8-12-15/h3-12H,2,13H2,1H3. The fraction of sp³-hybridized carbons (Fsp3) is 0.200. The zero-order valence-electron chi connectivity index (χ0n) is 10.0. The molecule has 0 atom stereocenters. The summed E-state index contributed by atoms with van der Waals surface area (Å²) in [5.74, 6) is 1.27. The van der Waals surface area contributed by atoms with E-state index in [-0.39, 0.29) is 0 Å². The third-order valence-corrected chi connectivity index (χ3v) is 11.4. The maximum atomic E-state index is 2.29. The Kier molecular flexibility index (Phi) is 5.22. The molecule has 88 valence electrons. The van der Waals surface area contributed by atoms with Gasteiger partial charge in [-0.15, -0.1) is 0 Å². The number of benzene rings is 2. The van der Waals surface area contributed by atoms with Gasteiger partial charge >= 0.3 is 112 Å². The van der Waals surface area contributed by atoms with E-state index in [1.54, 1.807) is 8.70 Å². The van der Waals surface area contributed by atoms with Crippen molar-refractivity contribution in [1.82, 2.24) is 0 Å². The molecule has 0 bridgehead atoms. The molecule has 0 unspecified atom stereocenters. The van der Waals surface area contributed by atoms with Crippen LogP contribution < -0.4 is 8.70 Å². The van der Waals surface area contributed by atoms with Gasteiger partial charge in [0.2, 0.25) is 0 Å². The number of rotatable bonds is 5. The predicted molar refractivity (Wildman–Crippen MR) is 80.7 cm³/mol. The monoisotopic (exact) mass is 304 g/mol. The zero-order valence-corrected chi connectivity index (χ0v) is 12.7. The van der Waals surface area contributed by atoms with Crippen molar-refractivity contribution >= 4 is 32.2 Å². The molecule has 2 heteroatoms. The summed E-state index contributed by atoms with van der Waals surface area (Å²) in [6.45, 7) is 2.26. The van der Waals surface area contributed by atoms with Crippen LogP contribution in [0.25, 0.3) is 0 Å². The van der Waals surface area contributed by atoms with Gasteiger partial charge in [0, 0.05) is 0 Å². The summed E-state index contributed by atoms with van der Waals surface area (Å²) >= 11 is -1.13. The Morgan fingerprint density at radius 3 is 1.71 bits per heavy atom. The van der Waals surface area contributed by atoms with Crippen molar-refractivity contribution in [3.05, 3.63) is 60.7 Å². The van der Waals surface area contributed by atoms with E-state index in [9.17, 15) is 0 Å². The molecule has 17 heavy (non-hydrogen) atoms. The van der Waals surface area contributed by atoms with Crippen molar-refractivity contribution in [2.75, 3.05) is 5.75 Å². The Hall–Kier alpha value is -0.652. The van der Waals surface area contributed by atoms with Gasteiger partial charge in [0.05, 0.1) is 0 Å². The van der Waals surface area contributed by atoms with E-state index >= 15 is 0 Å². The van der Waals surface area contributed by atoms with Crippen molar-refractivity contribution in [2.45, 2.75) is 13.3 Å². The molecule has 0 radical (unpaired) electrons. The van der Waals surface area contributed by atoms with Crippen molar-refractivity contribution in [3.63, 3.8) is 0 Å². The molecule has 0 heterocycles. The Morgan fingerprint density at radius 2 is 1.29 bits per heavy atom. The Bertz CT molecular complexity index is 388. The normalized spacial score (nSPS) is 10.7. The second-order valence-electron chi connectivity index (χ2n) is 3.80. The minimum absolute atomic E-state index is 1.13. The summed E-state index contributed by atoms with van der Waals surface area (Å²) in [4.78, 5) is 0. The molecule has 0 N–H and O–H groups in total. The van der Waals surface area contributed by atoms with E-state index in [2.05, 4.69) is 77.6 Å². The van der Waals surface area contributed by atoms with E-state index in [0.29, 0.717) is 0 Å². The van der Waals surface area contributed by atoms with Gasteiger partial charge in [0.25, 0.3) is 0 Å². The van der Waals surface area contributed by atoms with Gasteiger partial charge in [-0.05, 0) is 0 Å². The van der Waals surface area contributed by atoms with Crippen molar-refractivity contribution in [1.29, 1.82) is 0 Å². The molecule has 2 aromatic rings. The van der Waals surface area contributed by atoms with Gasteiger partial charge in [-0.2, -0.15) is 0 Å². The van der Waals surface area contributed by atoms with Gasteiger partial charge in [-0.3, -0.25) is 0 Å². The summed E-state index contributed by atoms with van der Waals surface area (Å²) in [7, 11) is 2.17. The predicted octanol–water partition coefficient (Wildman–Crippen LogP) is 2.94. The molecular weight excluding hydrogens is 287 g/mol. The van der Waals surface area contributed by atoms with E-state index < -0.39 is 13.5 Å². The molecule has 0 aromatic heterocycles.